The molecule has 3 nitrogen and oxygen atoms in total. The van der Waals surface area contributed by atoms with E-state index in [2.05, 4.69) is 0 Å². The van der Waals surface area contributed by atoms with Gasteiger partial charge in [0.05, 0.1) is 6.07 Å². The third-order valence-corrected chi connectivity index (χ3v) is 1.30. The SMILES string of the molecule is CCCC[C@@H](C#N)C(=O)O. The maximum absolute atomic E-state index is 10.2. The highest BCUT2D eigenvalue weighted by atomic mass is 16.4. The first kappa shape index (κ1) is 8.96. The van der Waals surface area contributed by atoms with E-state index in [9.17, 15) is 4.79 Å². The Hall–Kier alpha value is -1.04. The summed E-state index contributed by atoms with van der Waals surface area (Å²) in [4.78, 5) is 10.2. The highest BCUT2D eigenvalue weighted by Crippen LogP contribution is 2.06. The van der Waals surface area contributed by atoms with Crippen molar-refractivity contribution >= 4 is 5.97 Å². The summed E-state index contributed by atoms with van der Waals surface area (Å²) in [5, 5.41) is 16.7. The molecular formula is C7H11NO2. The van der Waals surface area contributed by atoms with Crippen LogP contribution in [0.25, 0.3) is 0 Å². The van der Waals surface area contributed by atoms with Crippen molar-refractivity contribution in [3.8, 4) is 6.07 Å². The fourth-order valence-corrected chi connectivity index (χ4v) is 0.651. The van der Waals surface area contributed by atoms with Crippen LogP contribution in [-0.2, 0) is 4.79 Å². The molecule has 0 aliphatic carbocycles. The second-order valence-corrected chi connectivity index (χ2v) is 2.16. The van der Waals surface area contributed by atoms with Gasteiger partial charge in [0.1, 0.15) is 5.92 Å². The van der Waals surface area contributed by atoms with Gasteiger partial charge in [0.2, 0.25) is 0 Å². The van der Waals surface area contributed by atoms with Crippen molar-refractivity contribution < 1.29 is 9.90 Å². The number of hydrogen-bond donors (Lipinski definition) is 1. The van der Waals surface area contributed by atoms with Gasteiger partial charge in [-0.25, -0.2) is 0 Å². The van der Waals surface area contributed by atoms with Gasteiger partial charge in [0.15, 0.2) is 0 Å². The molecule has 0 heterocycles. The maximum atomic E-state index is 10.2. The number of carbonyl (C=O) groups is 1. The fourth-order valence-electron chi connectivity index (χ4n) is 0.651. The van der Waals surface area contributed by atoms with Gasteiger partial charge in [-0.1, -0.05) is 19.8 Å². The molecule has 0 saturated heterocycles. The summed E-state index contributed by atoms with van der Waals surface area (Å²) in [6, 6.07) is 1.74. The predicted octanol–water partition coefficient (Wildman–Crippen LogP) is 1.40. The van der Waals surface area contributed by atoms with Crippen LogP contribution in [0.3, 0.4) is 0 Å². The van der Waals surface area contributed by atoms with E-state index < -0.39 is 11.9 Å². The van der Waals surface area contributed by atoms with E-state index in [-0.39, 0.29) is 0 Å². The molecule has 0 aromatic heterocycles. The van der Waals surface area contributed by atoms with Crippen molar-refractivity contribution in [1.29, 1.82) is 5.26 Å². The first-order valence-electron chi connectivity index (χ1n) is 3.34. The number of unbranched alkanes of at least 4 members (excludes halogenated alkanes) is 1. The molecule has 0 aromatic carbocycles. The molecule has 0 aliphatic rings. The molecule has 0 aromatic rings. The highest BCUT2D eigenvalue weighted by Gasteiger charge is 2.14. The molecule has 3 heteroatoms. The third-order valence-electron chi connectivity index (χ3n) is 1.30. The van der Waals surface area contributed by atoms with E-state index in [1.165, 1.54) is 0 Å². The van der Waals surface area contributed by atoms with Gasteiger partial charge < -0.3 is 5.11 Å². The molecule has 56 valence electrons. The van der Waals surface area contributed by atoms with Crippen molar-refractivity contribution in [2.75, 3.05) is 0 Å². The summed E-state index contributed by atoms with van der Waals surface area (Å²) in [7, 11) is 0. The Labute approximate surface area is 60.3 Å². The summed E-state index contributed by atoms with van der Waals surface area (Å²) in [6.07, 6.45) is 2.22. The molecule has 0 rings (SSSR count). The number of aliphatic carboxylic acids is 1. The standard InChI is InChI=1S/C7H11NO2/c1-2-3-4-6(5-8)7(9)10/h6H,2-4H2,1H3,(H,9,10)/t6-/m0/s1. The minimum absolute atomic E-state index is 0.475. The molecule has 1 N–H and O–H groups in total. The molecule has 0 unspecified atom stereocenters. The van der Waals surface area contributed by atoms with Crippen LogP contribution in [0, 0.1) is 17.2 Å². The number of nitriles is 1. The Kier molecular flexibility index (Phi) is 4.30. The zero-order valence-electron chi connectivity index (χ0n) is 6.00. The van der Waals surface area contributed by atoms with Crippen molar-refractivity contribution in [3.63, 3.8) is 0 Å². The molecule has 0 radical (unpaired) electrons. The Morgan fingerprint density at radius 2 is 2.40 bits per heavy atom. The molecular weight excluding hydrogens is 130 g/mol. The normalized spacial score (nSPS) is 12.0. The number of carboxylic acids is 1. The quantitative estimate of drug-likeness (QED) is 0.643. The lowest BCUT2D eigenvalue weighted by Crippen LogP contribution is -2.10. The van der Waals surface area contributed by atoms with Gasteiger partial charge in [-0.3, -0.25) is 4.79 Å². The van der Waals surface area contributed by atoms with Gasteiger partial charge in [-0.2, -0.15) is 5.26 Å². The number of nitrogens with zero attached hydrogens (tertiary/aromatic N) is 1. The maximum Gasteiger partial charge on any atom is 0.320 e. The predicted molar refractivity (Wildman–Crippen MR) is 36.3 cm³/mol. The minimum Gasteiger partial charge on any atom is -0.480 e. The summed E-state index contributed by atoms with van der Waals surface area (Å²) in [5.41, 5.74) is 0. The number of rotatable bonds is 4. The summed E-state index contributed by atoms with van der Waals surface area (Å²) < 4.78 is 0. The number of carboxylic acid groups (broad SMARTS) is 1. The molecule has 0 fully saturated rings. The van der Waals surface area contributed by atoms with E-state index in [4.69, 9.17) is 10.4 Å². The third kappa shape index (κ3) is 3.08. The van der Waals surface area contributed by atoms with Gasteiger partial charge in [0.25, 0.3) is 0 Å². The Morgan fingerprint density at radius 3 is 2.70 bits per heavy atom. The highest BCUT2D eigenvalue weighted by molar-refractivity contribution is 5.72. The Morgan fingerprint density at radius 1 is 1.80 bits per heavy atom. The van der Waals surface area contributed by atoms with Crippen LogP contribution in [0.4, 0.5) is 0 Å². The second-order valence-electron chi connectivity index (χ2n) is 2.16. The summed E-state index contributed by atoms with van der Waals surface area (Å²) >= 11 is 0. The lowest BCUT2D eigenvalue weighted by Gasteiger charge is -1.99. The van der Waals surface area contributed by atoms with Gasteiger partial charge >= 0.3 is 5.97 Å². The van der Waals surface area contributed by atoms with Crippen LogP contribution in [0.2, 0.25) is 0 Å². The molecule has 0 bridgehead atoms. The first-order valence-corrected chi connectivity index (χ1v) is 3.34. The van der Waals surface area contributed by atoms with Gasteiger partial charge in [0, 0.05) is 0 Å². The van der Waals surface area contributed by atoms with Crippen molar-refractivity contribution in [2.24, 2.45) is 5.92 Å². The van der Waals surface area contributed by atoms with Gasteiger partial charge in [-0.15, -0.1) is 0 Å². The monoisotopic (exact) mass is 141 g/mol. The molecule has 1 atom stereocenters. The molecule has 0 amide bonds. The zero-order valence-corrected chi connectivity index (χ0v) is 6.00. The zero-order chi connectivity index (χ0) is 7.98. The van der Waals surface area contributed by atoms with E-state index in [1.54, 1.807) is 6.07 Å². The lowest BCUT2D eigenvalue weighted by atomic mass is 10.0. The molecule has 0 aliphatic heterocycles. The van der Waals surface area contributed by atoms with Crippen LogP contribution in [0.15, 0.2) is 0 Å². The van der Waals surface area contributed by atoms with Crippen LogP contribution >= 0.6 is 0 Å². The molecule has 0 saturated carbocycles. The van der Waals surface area contributed by atoms with E-state index in [0.29, 0.717) is 6.42 Å². The Bertz CT molecular complexity index is 148. The number of hydrogen-bond acceptors (Lipinski definition) is 2. The van der Waals surface area contributed by atoms with Crippen LogP contribution in [-0.4, -0.2) is 11.1 Å². The molecule has 10 heavy (non-hydrogen) atoms. The fraction of sp³-hybridized carbons (Fsp3) is 0.714. The van der Waals surface area contributed by atoms with Crippen LogP contribution in [0.1, 0.15) is 26.2 Å². The second kappa shape index (κ2) is 4.80. The molecule has 0 spiro atoms. The smallest absolute Gasteiger partial charge is 0.320 e. The van der Waals surface area contributed by atoms with E-state index in [1.807, 2.05) is 6.92 Å². The average Bonchev–Trinajstić information content (AvgIpc) is 1.89. The first-order chi connectivity index (χ1) is 4.72. The van der Waals surface area contributed by atoms with E-state index in [0.717, 1.165) is 12.8 Å². The van der Waals surface area contributed by atoms with Crippen molar-refractivity contribution in [2.45, 2.75) is 26.2 Å². The van der Waals surface area contributed by atoms with Crippen molar-refractivity contribution in [3.05, 3.63) is 0 Å². The topological polar surface area (TPSA) is 61.1 Å². The van der Waals surface area contributed by atoms with E-state index >= 15 is 0 Å². The summed E-state index contributed by atoms with van der Waals surface area (Å²) in [5.74, 6) is -1.81. The summed E-state index contributed by atoms with van der Waals surface area (Å²) in [6.45, 7) is 1.97. The minimum atomic E-state index is -1.00. The van der Waals surface area contributed by atoms with Crippen LogP contribution < -0.4 is 0 Å². The lowest BCUT2D eigenvalue weighted by molar-refractivity contribution is -0.140. The Balaban J connectivity index is 3.64. The van der Waals surface area contributed by atoms with Crippen LogP contribution in [0.5, 0.6) is 0 Å². The van der Waals surface area contributed by atoms with Gasteiger partial charge in [-0.05, 0) is 6.42 Å². The van der Waals surface area contributed by atoms with Crippen molar-refractivity contribution in [1.82, 2.24) is 0 Å². The average molecular weight is 141 g/mol. The largest absolute Gasteiger partial charge is 0.480 e.